The first-order valence-electron chi connectivity index (χ1n) is 4.63. The van der Waals surface area contributed by atoms with Gasteiger partial charge in [0.05, 0.1) is 13.2 Å². The second-order valence-corrected chi connectivity index (χ2v) is 3.86. The Balaban J connectivity index is 2.54. The summed E-state index contributed by atoms with van der Waals surface area (Å²) in [4.78, 5) is 0. The van der Waals surface area contributed by atoms with Crippen LogP contribution in [-0.4, -0.2) is 54.6 Å². The van der Waals surface area contributed by atoms with Gasteiger partial charge in [0, 0.05) is 7.11 Å². The Bertz CT molecular complexity index is 177. The predicted molar refractivity (Wildman–Crippen MR) is 48.8 cm³/mol. The smallest absolute Gasteiger partial charge is 0.160 e. The minimum absolute atomic E-state index is 0.107. The highest BCUT2D eigenvalue weighted by atomic mass is 16.7. The highest BCUT2D eigenvalue weighted by Gasteiger charge is 2.40. The molecular formula is C9H18O5. The maximum atomic E-state index is 9.45. The fourth-order valence-corrected chi connectivity index (χ4v) is 1.58. The van der Waals surface area contributed by atoms with Crippen LogP contribution in [0.5, 0.6) is 0 Å². The molecule has 0 saturated carbocycles. The molecule has 1 rings (SSSR count). The minimum atomic E-state index is -1.21. The first-order valence-corrected chi connectivity index (χ1v) is 4.63. The summed E-state index contributed by atoms with van der Waals surface area (Å²) in [6.07, 6.45) is -1.03. The van der Waals surface area contributed by atoms with E-state index in [9.17, 15) is 5.11 Å². The molecule has 0 aromatic rings. The van der Waals surface area contributed by atoms with Crippen molar-refractivity contribution in [1.29, 1.82) is 0 Å². The standard InChI is InChI=1S/C9H18O5/c1-9(2,11)14-7-5-13-6(4-10)8(7)12-3/h6-8,10-11H,4-5H2,1-3H3/t6-,7+,8+/m1/s1. The first kappa shape index (κ1) is 11.9. The van der Waals surface area contributed by atoms with Crippen molar-refractivity contribution < 1.29 is 24.4 Å². The van der Waals surface area contributed by atoms with Gasteiger partial charge in [0.1, 0.15) is 18.3 Å². The van der Waals surface area contributed by atoms with E-state index < -0.39 is 5.79 Å². The van der Waals surface area contributed by atoms with Crippen LogP contribution < -0.4 is 0 Å². The Labute approximate surface area is 83.6 Å². The monoisotopic (exact) mass is 206 g/mol. The maximum absolute atomic E-state index is 9.45. The summed E-state index contributed by atoms with van der Waals surface area (Å²) < 4.78 is 15.7. The largest absolute Gasteiger partial charge is 0.394 e. The predicted octanol–water partition coefficient (Wildman–Crippen LogP) is -0.494. The molecule has 0 spiro atoms. The molecule has 1 saturated heterocycles. The molecule has 84 valence electrons. The van der Waals surface area contributed by atoms with Crippen molar-refractivity contribution in [2.45, 2.75) is 37.9 Å². The zero-order valence-corrected chi connectivity index (χ0v) is 8.77. The van der Waals surface area contributed by atoms with Crippen molar-refractivity contribution in [3.63, 3.8) is 0 Å². The normalized spacial score (nSPS) is 33.6. The Morgan fingerprint density at radius 2 is 2.14 bits per heavy atom. The van der Waals surface area contributed by atoms with E-state index in [-0.39, 0.29) is 24.9 Å². The lowest BCUT2D eigenvalue weighted by atomic mass is 10.1. The molecule has 0 unspecified atom stereocenters. The van der Waals surface area contributed by atoms with Gasteiger partial charge < -0.3 is 24.4 Å². The summed E-state index contributed by atoms with van der Waals surface area (Å²) in [6, 6.07) is 0. The van der Waals surface area contributed by atoms with Crippen LogP contribution in [0.15, 0.2) is 0 Å². The summed E-state index contributed by atoms with van der Waals surface area (Å²) in [7, 11) is 1.53. The molecule has 0 aliphatic carbocycles. The number of aliphatic hydroxyl groups excluding tert-OH is 1. The van der Waals surface area contributed by atoms with Crippen LogP contribution in [0.25, 0.3) is 0 Å². The van der Waals surface area contributed by atoms with Gasteiger partial charge in [-0.2, -0.15) is 0 Å². The van der Waals surface area contributed by atoms with Crippen molar-refractivity contribution >= 4 is 0 Å². The van der Waals surface area contributed by atoms with Crippen molar-refractivity contribution in [1.82, 2.24) is 0 Å². The molecule has 1 fully saturated rings. The quantitative estimate of drug-likeness (QED) is 0.607. The van der Waals surface area contributed by atoms with E-state index in [0.29, 0.717) is 6.61 Å². The van der Waals surface area contributed by atoms with Crippen LogP contribution in [0.1, 0.15) is 13.8 Å². The summed E-state index contributed by atoms with van der Waals surface area (Å²) >= 11 is 0. The lowest BCUT2D eigenvalue weighted by molar-refractivity contribution is -0.220. The highest BCUT2D eigenvalue weighted by Crippen LogP contribution is 2.23. The fourth-order valence-electron chi connectivity index (χ4n) is 1.58. The molecule has 14 heavy (non-hydrogen) atoms. The van der Waals surface area contributed by atoms with Gasteiger partial charge in [-0.05, 0) is 13.8 Å². The number of ether oxygens (including phenoxy) is 3. The summed E-state index contributed by atoms with van der Waals surface area (Å²) in [6.45, 7) is 3.32. The zero-order chi connectivity index (χ0) is 10.8. The Hall–Kier alpha value is -0.200. The molecular weight excluding hydrogens is 188 g/mol. The summed E-state index contributed by atoms with van der Waals surface area (Å²) in [5.74, 6) is -1.21. The third-order valence-corrected chi connectivity index (χ3v) is 2.10. The van der Waals surface area contributed by atoms with Crippen LogP contribution in [0.2, 0.25) is 0 Å². The van der Waals surface area contributed by atoms with E-state index in [2.05, 4.69) is 0 Å². The topological polar surface area (TPSA) is 68.2 Å². The van der Waals surface area contributed by atoms with E-state index in [1.165, 1.54) is 7.11 Å². The zero-order valence-electron chi connectivity index (χ0n) is 8.77. The lowest BCUT2D eigenvalue weighted by Crippen LogP contribution is -2.41. The number of hydrogen-bond acceptors (Lipinski definition) is 5. The second kappa shape index (κ2) is 4.55. The molecule has 0 aromatic carbocycles. The third-order valence-electron chi connectivity index (χ3n) is 2.10. The maximum Gasteiger partial charge on any atom is 0.160 e. The van der Waals surface area contributed by atoms with Crippen LogP contribution >= 0.6 is 0 Å². The lowest BCUT2D eigenvalue weighted by Gasteiger charge is -2.26. The van der Waals surface area contributed by atoms with Crippen molar-refractivity contribution in [3.05, 3.63) is 0 Å². The van der Waals surface area contributed by atoms with Gasteiger partial charge in [-0.3, -0.25) is 0 Å². The molecule has 5 heteroatoms. The molecule has 3 atom stereocenters. The van der Waals surface area contributed by atoms with E-state index in [1.54, 1.807) is 13.8 Å². The van der Waals surface area contributed by atoms with Gasteiger partial charge in [0.2, 0.25) is 0 Å². The molecule has 0 amide bonds. The Kier molecular flexibility index (Phi) is 3.86. The molecule has 1 aliphatic heterocycles. The van der Waals surface area contributed by atoms with Crippen LogP contribution in [0.3, 0.4) is 0 Å². The van der Waals surface area contributed by atoms with Crippen molar-refractivity contribution in [2.75, 3.05) is 20.3 Å². The second-order valence-electron chi connectivity index (χ2n) is 3.86. The number of rotatable bonds is 4. The average molecular weight is 206 g/mol. The molecule has 1 aliphatic rings. The molecule has 5 nitrogen and oxygen atoms in total. The van der Waals surface area contributed by atoms with Gasteiger partial charge in [0.25, 0.3) is 0 Å². The van der Waals surface area contributed by atoms with Crippen LogP contribution in [0.4, 0.5) is 0 Å². The molecule has 0 radical (unpaired) electrons. The van der Waals surface area contributed by atoms with E-state index in [4.69, 9.17) is 19.3 Å². The van der Waals surface area contributed by atoms with Gasteiger partial charge in [-0.15, -0.1) is 0 Å². The van der Waals surface area contributed by atoms with E-state index in [1.807, 2.05) is 0 Å². The van der Waals surface area contributed by atoms with Gasteiger partial charge in [-0.25, -0.2) is 0 Å². The third kappa shape index (κ3) is 2.90. The summed E-state index contributed by atoms with van der Waals surface area (Å²) in [5, 5.41) is 18.4. The number of methoxy groups -OCH3 is 1. The van der Waals surface area contributed by atoms with Crippen molar-refractivity contribution in [3.8, 4) is 0 Å². The SMILES string of the molecule is CO[C@@H]1[C@@H](OC(C)(C)O)CO[C@@H]1CO. The highest BCUT2D eigenvalue weighted by molar-refractivity contribution is 4.86. The van der Waals surface area contributed by atoms with Crippen LogP contribution in [-0.2, 0) is 14.2 Å². The minimum Gasteiger partial charge on any atom is -0.394 e. The molecule has 0 bridgehead atoms. The van der Waals surface area contributed by atoms with Crippen LogP contribution in [0, 0.1) is 0 Å². The van der Waals surface area contributed by atoms with Gasteiger partial charge in [-0.1, -0.05) is 0 Å². The average Bonchev–Trinajstić information content (AvgIpc) is 2.43. The van der Waals surface area contributed by atoms with Gasteiger partial charge >= 0.3 is 0 Å². The molecule has 2 N–H and O–H groups in total. The van der Waals surface area contributed by atoms with Crippen molar-refractivity contribution in [2.24, 2.45) is 0 Å². The fraction of sp³-hybridized carbons (Fsp3) is 1.00. The summed E-state index contributed by atoms with van der Waals surface area (Å²) in [5.41, 5.74) is 0. The Morgan fingerprint density at radius 1 is 1.50 bits per heavy atom. The molecule has 0 aromatic heterocycles. The van der Waals surface area contributed by atoms with E-state index in [0.717, 1.165) is 0 Å². The Morgan fingerprint density at radius 3 is 2.57 bits per heavy atom. The van der Waals surface area contributed by atoms with Gasteiger partial charge in [0.15, 0.2) is 5.79 Å². The first-order chi connectivity index (χ1) is 6.48. The molecule has 1 heterocycles. The number of hydrogen-bond donors (Lipinski definition) is 2. The van der Waals surface area contributed by atoms with E-state index >= 15 is 0 Å². The number of aliphatic hydroxyl groups is 2.